The standard InChI is InChI=1S/C18H38N4O2.HI/c1-6-24-16(8-12-22(3)4)14-20-17(19-2)21-15-18(9-7-10-18)11-13-23-5;/h16H,6-15H2,1-5H3,(H2,19,20,21);1H. The number of guanidine groups is 1. The number of hydrogen-bond acceptors (Lipinski definition) is 4. The van der Waals surface area contributed by atoms with Crippen molar-refractivity contribution in [1.82, 2.24) is 15.5 Å². The maximum Gasteiger partial charge on any atom is 0.191 e. The average molecular weight is 470 g/mol. The summed E-state index contributed by atoms with van der Waals surface area (Å²) >= 11 is 0. The van der Waals surface area contributed by atoms with Crippen molar-refractivity contribution in [2.45, 2.75) is 45.1 Å². The monoisotopic (exact) mass is 470 g/mol. The molecule has 0 aromatic rings. The lowest BCUT2D eigenvalue weighted by atomic mass is 9.67. The second-order valence-corrected chi connectivity index (χ2v) is 7.07. The van der Waals surface area contributed by atoms with Crippen molar-refractivity contribution in [3.8, 4) is 0 Å². The second kappa shape index (κ2) is 14.0. The Morgan fingerprint density at radius 1 is 1.28 bits per heavy atom. The second-order valence-electron chi connectivity index (χ2n) is 7.07. The number of nitrogens with zero attached hydrogens (tertiary/aromatic N) is 2. The number of nitrogens with one attached hydrogen (secondary N) is 2. The van der Waals surface area contributed by atoms with Crippen molar-refractivity contribution < 1.29 is 9.47 Å². The van der Waals surface area contributed by atoms with E-state index in [0.717, 1.165) is 51.6 Å². The van der Waals surface area contributed by atoms with Crippen molar-refractivity contribution in [3.63, 3.8) is 0 Å². The molecule has 0 aromatic heterocycles. The van der Waals surface area contributed by atoms with E-state index in [4.69, 9.17) is 9.47 Å². The molecule has 6 nitrogen and oxygen atoms in total. The van der Waals surface area contributed by atoms with E-state index in [1.54, 1.807) is 7.11 Å². The molecule has 25 heavy (non-hydrogen) atoms. The summed E-state index contributed by atoms with van der Waals surface area (Å²) in [7, 11) is 7.79. The van der Waals surface area contributed by atoms with Crippen LogP contribution in [0.15, 0.2) is 4.99 Å². The van der Waals surface area contributed by atoms with Crippen molar-refractivity contribution in [1.29, 1.82) is 0 Å². The summed E-state index contributed by atoms with van der Waals surface area (Å²) in [4.78, 5) is 6.54. The highest BCUT2D eigenvalue weighted by Crippen LogP contribution is 2.43. The molecule has 1 unspecified atom stereocenters. The third-order valence-corrected chi connectivity index (χ3v) is 4.90. The molecule has 0 spiro atoms. The minimum absolute atomic E-state index is 0. The van der Waals surface area contributed by atoms with Crippen molar-refractivity contribution in [3.05, 3.63) is 0 Å². The predicted molar refractivity (Wildman–Crippen MR) is 116 cm³/mol. The molecule has 1 saturated carbocycles. The van der Waals surface area contributed by atoms with Crippen LogP contribution in [0, 0.1) is 5.41 Å². The topological polar surface area (TPSA) is 58.1 Å². The molecule has 0 bridgehead atoms. The minimum Gasteiger partial charge on any atom is -0.385 e. The third-order valence-electron chi connectivity index (χ3n) is 4.90. The van der Waals surface area contributed by atoms with E-state index in [1.165, 1.54) is 19.3 Å². The summed E-state index contributed by atoms with van der Waals surface area (Å²) in [6.45, 7) is 6.40. The van der Waals surface area contributed by atoms with Crippen LogP contribution in [0.4, 0.5) is 0 Å². The van der Waals surface area contributed by atoms with Crippen LogP contribution in [0.3, 0.4) is 0 Å². The van der Waals surface area contributed by atoms with Crippen LogP contribution in [-0.4, -0.2) is 78.1 Å². The minimum atomic E-state index is 0. The van der Waals surface area contributed by atoms with Gasteiger partial charge in [-0.25, -0.2) is 0 Å². The van der Waals surface area contributed by atoms with Crippen molar-refractivity contribution in [2.24, 2.45) is 10.4 Å². The number of ether oxygens (including phenoxy) is 2. The zero-order valence-electron chi connectivity index (χ0n) is 16.8. The Balaban J connectivity index is 0.00000576. The first-order chi connectivity index (χ1) is 11.5. The van der Waals surface area contributed by atoms with Crippen molar-refractivity contribution >= 4 is 29.9 Å². The van der Waals surface area contributed by atoms with Gasteiger partial charge in [0.2, 0.25) is 0 Å². The Morgan fingerprint density at radius 3 is 2.48 bits per heavy atom. The molecule has 1 fully saturated rings. The van der Waals surface area contributed by atoms with Gasteiger partial charge in [-0.05, 0) is 52.1 Å². The Bertz CT molecular complexity index is 363. The first-order valence-electron chi connectivity index (χ1n) is 9.25. The van der Waals surface area contributed by atoms with E-state index in [0.29, 0.717) is 5.41 Å². The van der Waals surface area contributed by atoms with Crippen LogP contribution in [-0.2, 0) is 9.47 Å². The number of rotatable bonds is 12. The van der Waals surface area contributed by atoms with Crippen LogP contribution in [0.5, 0.6) is 0 Å². The van der Waals surface area contributed by atoms with E-state index in [2.05, 4.69) is 34.6 Å². The maximum atomic E-state index is 5.83. The van der Waals surface area contributed by atoms with E-state index < -0.39 is 0 Å². The number of aliphatic imine (C=N–C) groups is 1. The van der Waals surface area contributed by atoms with E-state index >= 15 is 0 Å². The molecule has 150 valence electrons. The van der Waals surface area contributed by atoms with Gasteiger partial charge in [-0.2, -0.15) is 0 Å². The van der Waals surface area contributed by atoms with E-state index in [9.17, 15) is 0 Å². The van der Waals surface area contributed by atoms with Gasteiger partial charge in [0.1, 0.15) is 0 Å². The van der Waals surface area contributed by atoms with Crippen LogP contribution in [0.25, 0.3) is 0 Å². The Labute approximate surface area is 171 Å². The van der Waals surface area contributed by atoms with Gasteiger partial charge in [-0.3, -0.25) is 4.99 Å². The lowest BCUT2D eigenvalue weighted by Crippen LogP contribution is -2.48. The highest BCUT2D eigenvalue weighted by Gasteiger charge is 2.36. The SMILES string of the molecule is CCOC(CCN(C)C)CNC(=NC)NCC1(CCOC)CCC1.I. The zero-order valence-corrected chi connectivity index (χ0v) is 19.1. The lowest BCUT2D eigenvalue weighted by Gasteiger charge is -2.42. The molecule has 1 aliphatic carbocycles. The molecule has 0 aromatic carbocycles. The largest absolute Gasteiger partial charge is 0.385 e. The van der Waals surface area contributed by atoms with Gasteiger partial charge >= 0.3 is 0 Å². The quantitative estimate of drug-likeness (QED) is 0.261. The van der Waals surface area contributed by atoms with Crippen LogP contribution in [0.1, 0.15) is 39.0 Å². The van der Waals surface area contributed by atoms with Gasteiger partial charge in [0.25, 0.3) is 0 Å². The summed E-state index contributed by atoms with van der Waals surface area (Å²) in [6, 6.07) is 0. The Morgan fingerprint density at radius 2 is 2.00 bits per heavy atom. The predicted octanol–water partition coefficient (Wildman–Crippen LogP) is 2.33. The fourth-order valence-corrected chi connectivity index (χ4v) is 3.10. The highest BCUT2D eigenvalue weighted by atomic mass is 127. The van der Waals surface area contributed by atoms with Gasteiger partial charge in [-0.1, -0.05) is 6.42 Å². The van der Waals surface area contributed by atoms with Crippen molar-refractivity contribution in [2.75, 3.05) is 61.1 Å². The molecule has 0 radical (unpaired) electrons. The highest BCUT2D eigenvalue weighted by molar-refractivity contribution is 14.0. The first-order valence-corrected chi connectivity index (χ1v) is 9.25. The Hall–Kier alpha value is -0.120. The van der Waals surface area contributed by atoms with Crippen LogP contribution < -0.4 is 10.6 Å². The lowest BCUT2D eigenvalue weighted by molar-refractivity contribution is 0.0544. The average Bonchev–Trinajstić information content (AvgIpc) is 2.53. The zero-order chi connectivity index (χ0) is 17.8. The molecular formula is C18H39IN4O2. The van der Waals surface area contributed by atoms with Crippen LogP contribution in [0.2, 0.25) is 0 Å². The van der Waals surface area contributed by atoms with E-state index in [1.807, 2.05) is 14.0 Å². The first kappa shape index (κ1) is 24.9. The molecule has 0 amide bonds. The molecule has 1 aliphatic rings. The normalized spacial score (nSPS) is 17.6. The van der Waals surface area contributed by atoms with Gasteiger partial charge in [0.15, 0.2) is 5.96 Å². The molecular weight excluding hydrogens is 431 g/mol. The molecule has 1 atom stereocenters. The smallest absolute Gasteiger partial charge is 0.191 e. The van der Waals surface area contributed by atoms with E-state index in [-0.39, 0.29) is 30.1 Å². The molecule has 2 N–H and O–H groups in total. The summed E-state index contributed by atoms with van der Waals surface area (Å²) < 4.78 is 11.1. The van der Waals surface area contributed by atoms with Gasteiger partial charge in [0.05, 0.1) is 6.10 Å². The summed E-state index contributed by atoms with van der Waals surface area (Å²) in [5, 5.41) is 6.92. The number of hydrogen-bond donors (Lipinski definition) is 2. The maximum absolute atomic E-state index is 5.83. The van der Waals surface area contributed by atoms with Gasteiger partial charge in [-0.15, -0.1) is 24.0 Å². The molecule has 1 rings (SSSR count). The summed E-state index contributed by atoms with van der Waals surface area (Å²) in [5.41, 5.74) is 0.387. The number of methoxy groups -OCH3 is 1. The Kier molecular flexibility index (Phi) is 13.9. The van der Waals surface area contributed by atoms with Crippen LogP contribution >= 0.6 is 24.0 Å². The van der Waals surface area contributed by atoms with Gasteiger partial charge < -0.3 is 25.0 Å². The molecule has 0 saturated heterocycles. The molecule has 0 heterocycles. The molecule has 0 aliphatic heterocycles. The summed E-state index contributed by atoms with van der Waals surface area (Å²) in [5.74, 6) is 0.869. The van der Waals surface area contributed by atoms with Gasteiger partial charge in [0, 0.05) is 47.0 Å². The molecule has 7 heteroatoms. The third kappa shape index (κ3) is 9.96. The fourth-order valence-electron chi connectivity index (χ4n) is 3.10. The summed E-state index contributed by atoms with van der Waals surface area (Å²) in [6.07, 6.45) is 6.24. The fraction of sp³-hybridized carbons (Fsp3) is 0.944. The number of halogens is 1.